The summed E-state index contributed by atoms with van der Waals surface area (Å²) in [6, 6.07) is 3.80. The molecule has 0 saturated carbocycles. The van der Waals surface area contributed by atoms with Gasteiger partial charge in [0.05, 0.1) is 25.3 Å². The number of aromatic nitrogens is 2. The number of ether oxygens (including phenoxy) is 2. The number of nitrogens with zero attached hydrogens (tertiary/aromatic N) is 3. The van der Waals surface area contributed by atoms with Crippen LogP contribution in [0, 0.1) is 0 Å². The van der Waals surface area contributed by atoms with Crippen LogP contribution in [0.5, 0.6) is 11.5 Å². The average molecular weight is 292 g/mol. The lowest BCUT2D eigenvalue weighted by molar-refractivity contribution is 0.355. The second-order valence-corrected chi connectivity index (χ2v) is 5.33. The number of nitrogens with two attached hydrogens (primary N) is 1. The largest absolute Gasteiger partial charge is 0.493 e. The monoisotopic (exact) mass is 292 g/mol. The average Bonchev–Trinajstić information content (AvgIpc) is 2.76. The first-order chi connectivity index (χ1) is 10.1. The molecule has 0 atom stereocenters. The molecule has 0 amide bonds. The molecule has 21 heavy (non-hydrogen) atoms. The summed E-state index contributed by atoms with van der Waals surface area (Å²) < 4.78 is 12.7. The molecule has 0 radical (unpaired) electrons. The van der Waals surface area contributed by atoms with Crippen molar-refractivity contribution in [2.75, 3.05) is 40.6 Å². The Morgan fingerprint density at radius 2 is 1.81 bits per heavy atom. The third-order valence-corrected chi connectivity index (χ3v) is 3.52. The van der Waals surface area contributed by atoms with E-state index in [1.807, 2.05) is 16.7 Å². The second kappa shape index (κ2) is 6.67. The zero-order valence-electron chi connectivity index (χ0n) is 13.2. The minimum absolute atomic E-state index is 0.533. The first-order valence-corrected chi connectivity index (χ1v) is 7.09. The summed E-state index contributed by atoms with van der Waals surface area (Å²) in [5.41, 5.74) is 7.85. The molecule has 2 rings (SSSR count). The van der Waals surface area contributed by atoms with Gasteiger partial charge in [-0.15, -0.1) is 0 Å². The fourth-order valence-electron chi connectivity index (χ4n) is 2.40. The molecule has 2 N–H and O–H groups in total. The molecule has 1 aromatic heterocycles. The Labute approximate surface area is 125 Å². The van der Waals surface area contributed by atoms with Gasteiger partial charge in [-0.05, 0) is 33.5 Å². The molecule has 0 fully saturated rings. The summed E-state index contributed by atoms with van der Waals surface area (Å²) in [5.74, 6) is 1.90. The van der Waals surface area contributed by atoms with E-state index >= 15 is 0 Å². The van der Waals surface area contributed by atoms with E-state index in [9.17, 15) is 0 Å². The number of rotatable bonds is 7. The van der Waals surface area contributed by atoms with Gasteiger partial charge < -0.3 is 24.7 Å². The summed E-state index contributed by atoms with van der Waals surface area (Å²) in [6.45, 7) is 1.93. The van der Waals surface area contributed by atoms with Crippen LogP contribution >= 0.6 is 0 Å². The standard InChI is InChI=1S/C15H24N4O2/c1-18(2)7-5-6-8-19-12-10-14(21-4)13(20-3)9-11(12)17-15(19)16/h9-10H,5-8H2,1-4H3,(H2,16,17). The van der Waals surface area contributed by atoms with Crippen molar-refractivity contribution in [2.45, 2.75) is 19.4 Å². The van der Waals surface area contributed by atoms with Crippen LogP contribution in [0.3, 0.4) is 0 Å². The molecule has 6 nitrogen and oxygen atoms in total. The summed E-state index contributed by atoms with van der Waals surface area (Å²) in [7, 11) is 7.41. The van der Waals surface area contributed by atoms with Gasteiger partial charge in [-0.25, -0.2) is 4.98 Å². The molecule has 0 unspecified atom stereocenters. The molecular weight excluding hydrogens is 268 g/mol. The van der Waals surface area contributed by atoms with Gasteiger partial charge in [0, 0.05) is 18.7 Å². The van der Waals surface area contributed by atoms with Crippen molar-refractivity contribution in [3.63, 3.8) is 0 Å². The van der Waals surface area contributed by atoms with Crippen LogP contribution in [-0.2, 0) is 6.54 Å². The number of imidazole rings is 1. The Hall–Kier alpha value is -1.95. The summed E-state index contributed by atoms with van der Waals surface area (Å²) in [5, 5.41) is 0. The number of benzene rings is 1. The van der Waals surface area contributed by atoms with E-state index in [1.54, 1.807) is 14.2 Å². The first-order valence-electron chi connectivity index (χ1n) is 7.09. The Bertz CT molecular complexity index is 607. The molecule has 0 aliphatic rings. The topological polar surface area (TPSA) is 65.5 Å². The van der Waals surface area contributed by atoms with Crippen molar-refractivity contribution < 1.29 is 9.47 Å². The molecule has 1 heterocycles. The van der Waals surface area contributed by atoms with E-state index in [2.05, 4.69) is 24.0 Å². The number of fused-ring (bicyclic) bond motifs is 1. The molecule has 0 spiro atoms. The Kier molecular flexibility index (Phi) is 4.90. The molecule has 116 valence electrons. The molecule has 0 aliphatic heterocycles. The lowest BCUT2D eigenvalue weighted by atomic mass is 10.2. The van der Waals surface area contributed by atoms with E-state index in [1.165, 1.54) is 0 Å². The van der Waals surface area contributed by atoms with Gasteiger partial charge in [-0.2, -0.15) is 0 Å². The van der Waals surface area contributed by atoms with Gasteiger partial charge in [-0.1, -0.05) is 0 Å². The normalized spacial score (nSPS) is 11.3. The second-order valence-electron chi connectivity index (χ2n) is 5.33. The molecular formula is C15H24N4O2. The maximum absolute atomic E-state index is 6.04. The quantitative estimate of drug-likeness (QED) is 0.790. The highest BCUT2D eigenvalue weighted by atomic mass is 16.5. The number of hydrogen-bond donors (Lipinski definition) is 1. The van der Waals surface area contributed by atoms with Crippen molar-refractivity contribution in [1.29, 1.82) is 0 Å². The molecule has 6 heteroatoms. The predicted octanol–water partition coefficient (Wildman–Crippen LogP) is 1.98. The fourth-order valence-corrected chi connectivity index (χ4v) is 2.40. The number of aryl methyl sites for hydroxylation is 1. The van der Waals surface area contributed by atoms with Gasteiger partial charge in [-0.3, -0.25) is 0 Å². The van der Waals surface area contributed by atoms with E-state index in [4.69, 9.17) is 15.2 Å². The maximum atomic E-state index is 6.04. The van der Waals surface area contributed by atoms with Gasteiger partial charge in [0.2, 0.25) is 5.95 Å². The van der Waals surface area contributed by atoms with E-state index in [0.29, 0.717) is 17.4 Å². The van der Waals surface area contributed by atoms with Crippen LogP contribution in [-0.4, -0.2) is 49.3 Å². The van der Waals surface area contributed by atoms with Crippen molar-refractivity contribution in [3.05, 3.63) is 12.1 Å². The highest BCUT2D eigenvalue weighted by Gasteiger charge is 2.13. The number of unbranched alkanes of at least 4 members (excludes halogenated alkanes) is 1. The van der Waals surface area contributed by atoms with Crippen LogP contribution in [0.1, 0.15) is 12.8 Å². The summed E-state index contributed by atoms with van der Waals surface area (Å²) >= 11 is 0. The summed E-state index contributed by atoms with van der Waals surface area (Å²) in [4.78, 5) is 6.59. The predicted molar refractivity (Wildman–Crippen MR) is 85.0 cm³/mol. The van der Waals surface area contributed by atoms with Gasteiger partial charge in [0.15, 0.2) is 11.5 Å². The molecule has 2 aromatic rings. The maximum Gasteiger partial charge on any atom is 0.201 e. The van der Waals surface area contributed by atoms with Crippen LogP contribution in [0.2, 0.25) is 0 Å². The Morgan fingerprint density at radius 1 is 1.14 bits per heavy atom. The van der Waals surface area contributed by atoms with Crippen LogP contribution < -0.4 is 15.2 Å². The first kappa shape index (κ1) is 15.4. The molecule has 0 saturated heterocycles. The molecule has 0 aliphatic carbocycles. The van der Waals surface area contributed by atoms with Gasteiger partial charge in [0.25, 0.3) is 0 Å². The van der Waals surface area contributed by atoms with Crippen LogP contribution in [0.15, 0.2) is 12.1 Å². The minimum Gasteiger partial charge on any atom is -0.493 e. The van der Waals surface area contributed by atoms with E-state index < -0.39 is 0 Å². The van der Waals surface area contributed by atoms with Gasteiger partial charge >= 0.3 is 0 Å². The third kappa shape index (κ3) is 3.39. The highest BCUT2D eigenvalue weighted by molar-refractivity contribution is 5.82. The Balaban J connectivity index is 2.24. The number of nitrogen functional groups attached to an aromatic ring is 1. The summed E-state index contributed by atoms with van der Waals surface area (Å²) in [6.07, 6.45) is 2.18. The zero-order chi connectivity index (χ0) is 15.4. The van der Waals surface area contributed by atoms with Crippen molar-refractivity contribution in [1.82, 2.24) is 14.5 Å². The zero-order valence-corrected chi connectivity index (χ0v) is 13.2. The highest BCUT2D eigenvalue weighted by Crippen LogP contribution is 2.33. The van der Waals surface area contributed by atoms with E-state index in [-0.39, 0.29) is 0 Å². The van der Waals surface area contributed by atoms with Crippen molar-refractivity contribution >= 4 is 17.0 Å². The fraction of sp³-hybridized carbons (Fsp3) is 0.533. The van der Waals surface area contributed by atoms with E-state index in [0.717, 1.165) is 37.0 Å². The molecule has 1 aromatic carbocycles. The van der Waals surface area contributed by atoms with Crippen LogP contribution in [0.4, 0.5) is 5.95 Å². The number of hydrogen-bond acceptors (Lipinski definition) is 5. The smallest absolute Gasteiger partial charge is 0.201 e. The van der Waals surface area contributed by atoms with Gasteiger partial charge in [0.1, 0.15) is 0 Å². The van der Waals surface area contributed by atoms with Crippen molar-refractivity contribution in [2.24, 2.45) is 0 Å². The third-order valence-electron chi connectivity index (χ3n) is 3.52. The SMILES string of the molecule is COc1cc2nc(N)n(CCCCN(C)C)c2cc1OC. The number of methoxy groups -OCH3 is 2. The lowest BCUT2D eigenvalue weighted by Gasteiger charge is -2.11. The lowest BCUT2D eigenvalue weighted by Crippen LogP contribution is -2.13. The minimum atomic E-state index is 0.533. The molecule has 0 bridgehead atoms. The Morgan fingerprint density at radius 3 is 2.43 bits per heavy atom. The number of anilines is 1. The van der Waals surface area contributed by atoms with Crippen LogP contribution in [0.25, 0.3) is 11.0 Å². The van der Waals surface area contributed by atoms with Crippen molar-refractivity contribution in [3.8, 4) is 11.5 Å².